The Labute approximate surface area is 188 Å². The van der Waals surface area contributed by atoms with Gasteiger partial charge in [0.25, 0.3) is 0 Å². The average Bonchev–Trinajstić information content (AvgIpc) is 2.97. The summed E-state index contributed by atoms with van der Waals surface area (Å²) in [6, 6.07) is 0. The van der Waals surface area contributed by atoms with Gasteiger partial charge in [0.1, 0.15) is 0 Å². The molecular weight excluding hydrogens is 388 g/mol. The summed E-state index contributed by atoms with van der Waals surface area (Å²) in [5, 5.41) is 21.8. The van der Waals surface area contributed by atoms with Crippen molar-refractivity contribution in [3.63, 3.8) is 0 Å². The summed E-state index contributed by atoms with van der Waals surface area (Å²) in [6.07, 6.45) is 8.93. The first-order valence-corrected chi connectivity index (χ1v) is 15.6. The second-order valence-corrected chi connectivity index (χ2v) is 17.8. The van der Waals surface area contributed by atoms with Gasteiger partial charge in [-0.1, -0.05) is 60.8 Å². The molecule has 2 rings (SSSR count). The Morgan fingerprint density at radius 3 is 2.33 bits per heavy atom. The second-order valence-electron chi connectivity index (χ2n) is 13.0. The highest BCUT2D eigenvalue weighted by molar-refractivity contribution is 6.74. The SMILES string of the molecule is C[C@H](CCC[C@@](C)(O)[C@@H](C)CO[Si](C)(C)C(C)(C)C)[C@H]1CC[C@H]2[C@@H](O)CCC[C@]12C. The highest BCUT2D eigenvalue weighted by atomic mass is 28.4. The monoisotopic (exact) mass is 440 g/mol. The molecule has 0 amide bonds. The predicted molar refractivity (Wildman–Crippen MR) is 130 cm³/mol. The Morgan fingerprint density at radius 2 is 1.73 bits per heavy atom. The lowest BCUT2D eigenvalue weighted by atomic mass is 9.61. The summed E-state index contributed by atoms with van der Waals surface area (Å²) in [5.74, 6) is 2.04. The van der Waals surface area contributed by atoms with Crippen molar-refractivity contribution in [2.75, 3.05) is 6.61 Å². The third-order valence-corrected chi connectivity index (χ3v) is 14.3. The second kappa shape index (κ2) is 9.53. The van der Waals surface area contributed by atoms with Gasteiger partial charge in [0, 0.05) is 12.5 Å². The van der Waals surface area contributed by atoms with Crippen molar-refractivity contribution in [2.24, 2.45) is 29.1 Å². The van der Waals surface area contributed by atoms with Gasteiger partial charge in [-0.05, 0) is 80.3 Å². The van der Waals surface area contributed by atoms with Crippen molar-refractivity contribution < 1.29 is 14.6 Å². The van der Waals surface area contributed by atoms with Crippen LogP contribution in [0.4, 0.5) is 0 Å². The van der Waals surface area contributed by atoms with Crippen molar-refractivity contribution in [1.82, 2.24) is 0 Å². The van der Waals surface area contributed by atoms with Crippen molar-refractivity contribution >= 4 is 8.32 Å². The molecule has 2 saturated carbocycles. The van der Waals surface area contributed by atoms with E-state index in [1.165, 1.54) is 32.1 Å². The normalized spacial score (nSPS) is 34.3. The van der Waals surface area contributed by atoms with Crippen LogP contribution in [0, 0.1) is 29.1 Å². The zero-order valence-corrected chi connectivity index (χ0v) is 22.6. The first kappa shape index (κ1) is 26.4. The minimum Gasteiger partial charge on any atom is -0.416 e. The number of hydrogen-bond acceptors (Lipinski definition) is 3. The fraction of sp³-hybridized carbons (Fsp3) is 1.00. The first-order valence-electron chi connectivity index (χ1n) is 12.7. The molecule has 0 spiro atoms. The molecule has 0 aliphatic heterocycles. The molecule has 0 saturated heterocycles. The minimum absolute atomic E-state index is 0.0802. The van der Waals surface area contributed by atoms with Gasteiger partial charge in [-0.3, -0.25) is 0 Å². The molecular formula is C26H52O3Si. The van der Waals surface area contributed by atoms with Gasteiger partial charge in [-0.15, -0.1) is 0 Å². The summed E-state index contributed by atoms with van der Waals surface area (Å²) >= 11 is 0. The molecule has 2 aliphatic carbocycles. The molecule has 0 aromatic rings. The smallest absolute Gasteiger partial charge is 0.191 e. The van der Waals surface area contributed by atoms with Gasteiger partial charge in [-0.25, -0.2) is 0 Å². The number of fused-ring (bicyclic) bond motifs is 1. The quantitative estimate of drug-likeness (QED) is 0.388. The van der Waals surface area contributed by atoms with Crippen molar-refractivity contribution in [3.8, 4) is 0 Å². The van der Waals surface area contributed by atoms with E-state index in [1.807, 2.05) is 6.92 Å². The lowest BCUT2D eigenvalue weighted by molar-refractivity contribution is -0.0331. The van der Waals surface area contributed by atoms with Crippen LogP contribution in [-0.4, -0.2) is 36.8 Å². The topological polar surface area (TPSA) is 49.7 Å². The van der Waals surface area contributed by atoms with Gasteiger partial charge in [0.05, 0.1) is 11.7 Å². The summed E-state index contributed by atoms with van der Waals surface area (Å²) in [7, 11) is -1.78. The summed E-state index contributed by atoms with van der Waals surface area (Å²) in [4.78, 5) is 0. The maximum atomic E-state index is 11.1. The Morgan fingerprint density at radius 1 is 1.10 bits per heavy atom. The van der Waals surface area contributed by atoms with Crippen molar-refractivity contribution in [3.05, 3.63) is 0 Å². The van der Waals surface area contributed by atoms with Crippen LogP contribution in [0.2, 0.25) is 18.1 Å². The molecule has 0 unspecified atom stereocenters. The molecule has 7 atom stereocenters. The molecule has 0 bridgehead atoms. The number of aliphatic hydroxyl groups is 2. The third-order valence-electron chi connectivity index (χ3n) is 9.75. The molecule has 4 heteroatoms. The van der Waals surface area contributed by atoms with Crippen LogP contribution >= 0.6 is 0 Å². The molecule has 0 aromatic carbocycles. The summed E-state index contributed by atoms with van der Waals surface area (Å²) < 4.78 is 6.39. The van der Waals surface area contributed by atoms with E-state index in [4.69, 9.17) is 4.43 Å². The van der Waals surface area contributed by atoms with Crippen molar-refractivity contribution in [2.45, 2.75) is 130 Å². The van der Waals surface area contributed by atoms with Crippen LogP contribution in [-0.2, 0) is 4.43 Å². The fourth-order valence-corrected chi connectivity index (χ4v) is 7.18. The van der Waals surface area contributed by atoms with E-state index in [2.05, 4.69) is 54.6 Å². The lowest BCUT2D eigenvalue weighted by Gasteiger charge is -2.45. The molecule has 30 heavy (non-hydrogen) atoms. The molecule has 0 aromatic heterocycles. The predicted octanol–water partition coefficient (Wildman–Crippen LogP) is 6.78. The van der Waals surface area contributed by atoms with E-state index in [0.717, 1.165) is 25.2 Å². The number of hydrogen-bond donors (Lipinski definition) is 2. The fourth-order valence-electron chi connectivity index (χ4n) is 6.08. The zero-order chi connectivity index (χ0) is 23.0. The van der Waals surface area contributed by atoms with E-state index in [-0.39, 0.29) is 17.1 Å². The van der Waals surface area contributed by atoms with Crippen LogP contribution in [0.15, 0.2) is 0 Å². The van der Waals surface area contributed by atoms with E-state index < -0.39 is 13.9 Å². The Kier molecular flexibility index (Phi) is 8.37. The Bertz CT molecular complexity index is 553. The van der Waals surface area contributed by atoms with Crippen LogP contribution in [0.3, 0.4) is 0 Å². The van der Waals surface area contributed by atoms with Gasteiger partial charge in [-0.2, -0.15) is 0 Å². The van der Waals surface area contributed by atoms with Gasteiger partial charge < -0.3 is 14.6 Å². The van der Waals surface area contributed by atoms with E-state index in [0.29, 0.717) is 23.9 Å². The Balaban J connectivity index is 1.83. The average molecular weight is 441 g/mol. The molecule has 2 aliphatic rings. The standard InChI is InChI=1S/C26H52O3Si/c1-19(21-14-15-22-23(27)13-11-16-25(21,22)6)12-10-17-26(7,28)20(2)18-29-30(8,9)24(3,4)5/h19-23,27-28H,10-18H2,1-9H3/t19-,20+,21-,22+,23+,25-,26-/m1/s1. The largest absolute Gasteiger partial charge is 0.416 e. The van der Waals surface area contributed by atoms with E-state index in [1.54, 1.807) is 0 Å². The molecule has 3 nitrogen and oxygen atoms in total. The molecule has 2 fully saturated rings. The number of rotatable bonds is 9. The van der Waals surface area contributed by atoms with Crippen LogP contribution in [0.5, 0.6) is 0 Å². The summed E-state index contributed by atoms with van der Waals surface area (Å²) in [6.45, 7) is 21.0. The Hall–Kier alpha value is 0.0969. The van der Waals surface area contributed by atoms with Crippen LogP contribution in [0.25, 0.3) is 0 Å². The highest BCUT2D eigenvalue weighted by Crippen LogP contribution is 2.58. The lowest BCUT2D eigenvalue weighted by Crippen LogP contribution is -2.44. The number of aliphatic hydroxyl groups excluding tert-OH is 1. The van der Waals surface area contributed by atoms with Gasteiger partial charge >= 0.3 is 0 Å². The maximum absolute atomic E-state index is 11.1. The maximum Gasteiger partial charge on any atom is 0.191 e. The van der Waals surface area contributed by atoms with Crippen LogP contribution in [0.1, 0.15) is 99.8 Å². The summed E-state index contributed by atoms with van der Waals surface area (Å²) in [5.41, 5.74) is -0.352. The first-order chi connectivity index (χ1) is 13.6. The zero-order valence-electron chi connectivity index (χ0n) is 21.6. The molecule has 0 radical (unpaired) electrons. The van der Waals surface area contributed by atoms with Crippen molar-refractivity contribution in [1.29, 1.82) is 0 Å². The highest BCUT2D eigenvalue weighted by Gasteiger charge is 2.52. The van der Waals surface area contributed by atoms with Gasteiger partial charge in [0.15, 0.2) is 8.32 Å². The van der Waals surface area contributed by atoms with Gasteiger partial charge in [0.2, 0.25) is 0 Å². The molecule has 0 heterocycles. The molecule has 2 N–H and O–H groups in total. The van der Waals surface area contributed by atoms with E-state index >= 15 is 0 Å². The molecule has 178 valence electrons. The van der Waals surface area contributed by atoms with Crippen LogP contribution < -0.4 is 0 Å². The third kappa shape index (κ3) is 5.71. The minimum atomic E-state index is -1.78. The van der Waals surface area contributed by atoms with E-state index in [9.17, 15) is 10.2 Å².